The van der Waals surface area contributed by atoms with Crippen molar-refractivity contribution in [3.05, 3.63) is 59.6 Å². The molecule has 3 aromatic rings. The molecule has 2 heterocycles. The van der Waals surface area contributed by atoms with Crippen LogP contribution in [-0.4, -0.2) is 4.98 Å². The molecule has 0 aliphatic heterocycles. The predicted octanol–water partition coefficient (Wildman–Crippen LogP) is 4.65. The monoisotopic (exact) mass is 272 g/mol. The third-order valence-electron chi connectivity index (χ3n) is 3.13. The van der Waals surface area contributed by atoms with Gasteiger partial charge in [-0.15, -0.1) is 0 Å². The maximum Gasteiger partial charge on any atom is 0.0955 e. The van der Waals surface area contributed by atoms with Crippen LogP contribution in [0.1, 0.15) is 18.5 Å². The van der Waals surface area contributed by atoms with Crippen molar-refractivity contribution in [3.63, 3.8) is 0 Å². The summed E-state index contributed by atoms with van der Waals surface area (Å²) in [5, 5.41) is 5.10. The molecule has 0 bridgehead atoms. The second-order valence-electron chi connectivity index (χ2n) is 4.42. The molecule has 1 N–H and O–H groups in total. The minimum absolute atomic E-state index is 0.144. The van der Waals surface area contributed by atoms with Crippen LogP contribution in [0.15, 0.2) is 53.5 Å². The summed E-state index contributed by atoms with van der Waals surface area (Å²) in [6.07, 6.45) is 5.18. The summed E-state index contributed by atoms with van der Waals surface area (Å²) in [7, 11) is 0. The second kappa shape index (κ2) is 4.94. The standard InChI is InChI=1S/C15H13ClN2O/c1-10(11-6-8-19-9-11)18-14-5-4-13(16)12-3-2-7-17-15(12)14/h2-10,18H,1H3. The number of hydrogen-bond acceptors (Lipinski definition) is 3. The number of halogens is 1. The normalized spacial score (nSPS) is 12.5. The minimum Gasteiger partial charge on any atom is -0.472 e. The van der Waals surface area contributed by atoms with E-state index < -0.39 is 0 Å². The Morgan fingerprint density at radius 3 is 2.95 bits per heavy atom. The lowest BCUT2D eigenvalue weighted by molar-refractivity contribution is 0.562. The van der Waals surface area contributed by atoms with Crippen molar-refractivity contribution in [2.45, 2.75) is 13.0 Å². The zero-order valence-electron chi connectivity index (χ0n) is 10.4. The van der Waals surface area contributed by atoms with Crippen LogP contribution < -0.4 is 5.32 Å². The van der Waals surface area contributed by atoms with Crippen molar-refractivity contribution in [2.24, 2.45) is 0 Å². The van der Waals surface area contributed by atoms with Crippen molar-refractivity contribution < 1.29 is 4.42 Å². The van der Waals surface area contributed by atoms with Gasteiger partial charge in [0.15, 0.2) is 0 Å². The first-order valence-electron chi connectivity index (χ1n) is 6.07. The number of furan rings is 1. The van der Waals surface area contributed by atoms with Gasteiger partial charge in [-0.05, 0) is 37.3 Å². The van der Waals surface area contributed by atoms with Gasteiger partial charge in [0.25, 0.3) is 0 Å². The smallest absolute Gasteiger partial charge is 0.0955 e. The summed E-state index contributed by atoms with van der Waals surface area (Å²) in [5.74, 6) is 0. The van der Waals surface area contributed by atoms with Crippen molar-refractivity contribution in [1.82, 2.24) is 4.98 Å². The molecule has 0 aliphatic carbocycles. The number of aromatic nitrogens is 1. The molecule has 3 nitrogen and oxygen atoms in total. The van der Waals surface area contributed by atoms with Gasteiger partial charge in [0.2, 0.25) is 0 Å². The van der Waals surface area contributed by atoms with Crippen LogP contribution in [0.4, 0.5) is 5.69 Å². The van der Waals surface area contributed by atoms with E-state index in [1.807, 2.05) is 30.3 Å². The summed E-state index contributed by atoms with van der Waals surface area (Å²) in [4.78, 5) is 4.41. The van der Waals surface area contributed by atoms with Gasteiger partial charge in [0, 0.05) is 17.1 Å². The van der Waals surface area contributed by atoms with Crippen LogP contribution in [0.3, 0.4) is 0 Å². The van der Waals surface area contributed by atoms with Gasteiger partial charge in [-0.3, -0.25) is 4.98 Å². The number of benzene rings is 1. The molecule has 0 aliphatic rings. The minimum atomic E-state index is 0.144. The maximum atomic E-state index is 6.18. The largest absolute Gasteiger partial charge is 0.472 e. The number of nitrogens with one attached hydrogen (secondary N) is 1. The maximum absolute atomic E-state index is 6.18. The van der Waals surface area contributed by atoms with Crippen molar-refractivity contribution >= 4 is 28.2 Å². The Hall–Kier alpha value is -2.00. The Morgan fingerprint density at radius 2 is 2.16 bits per heavy atom. The number of hydrogen-bond donors (Lipinski definition) is 1. The van der Waals surface area contributed by atoms with Gasteiger partial charge in [0.05, 0.1) is 34.8 Å². The van der Waals surface area contributed by atoms with Crippen LogP contribution in [0.2, 0.25) is 5.02 Å². The SMILES string of the molecule is CC(Nc1ccc(Cl)c2cccnc12)c1ccoc1. The fraction of sp³-hybridized carbons (Fsp3) is 0.133. The Bertz CT molecular complexity index is 694. The molecule has 1 atom stereocenters. The van der Waals surface area contributed by atoms with E-state index in [2.05, 4.69) is 17.2 Å². The molecule has 3 rings (SSSR count). The van der Waals surface area contributed by atoms with E-state index in [1.54, 1.807) is 18.7 Å². The van der Waals surface area contributed by atoms with E-state index in [9.17, 15) is 0 Å². The fourth-order valence-corrected chi connectivity index (χ4v) is 2.31. The lowest BCUT2D eigenvalue weighted by atomic mass is 10.1. The van der Waals surface area contributed by atoms with Crippen molar-refractivity contribution in [1.29, 1.82) is 0 Å². The lowest BCUT2D eigenvalue weighted by Gasteiger charge is -2.15. The lowest BCUT2D eigenvalue weighted by Crippen LogP contribution is -2.06. The first-order valence-corrected chi connectivity index (χ1v) is 6.45. The highest BCUT2D eigenvalue weighted by atomic mass is 35.5. The molecule has 1 unspecified atom stereocenters. The van der Waals surface area contributed by atoms with Gasteiger partial charge < -0.3 is 9.73 Å². The highest BCUT2D eigenvalue weighted by Crippen LogP contribution is 2.30. The third-order valence-corrected chi connectivity index (χ3v) is 3.46. The topological polar surface area (TPSA) is 38.1 Å². The summed E-state index contributed by atoms with van der Waals surface area (Å²) in [6.45, 7) is 2.08. The molecule has 0 spiro atoms. The molecular formula is C15H13ClN2O. The van der Waals surface area contributed by atoms with Gasteiger partial charge in [-0.1, -0.05) is 11.6 Å². The van der Waals surface area contributed by atoms with E-state index in [-0.39, 0.29) is 6.04 Å². The molecule has 0 fully saturated rings. The summed E-state index contributed by atoms with van der Waals surface area (Å²) < 4.78 is 5.10. The molecule has 0 saturated carbocycles. The molecule has 96 valence electrons. The molecule has 4 heteroatoms. The quantitative estimate of drug-likeness (QED) is 0.754. The van der Waals surface area contributed by atoms with E-state index in [4.69, 9.17) is 16.0 Å². The van der Waals surface area contributed by atoms with Gasteiger partial charge in [0.1, 0.15) is 0 Å². The van der Waals surface area contributed by atoms with Gasteiger partial charge >= 0.3 is 0 Å². The Kier molecular flexibility index (Phi) is 3.13. The number of nitrogens with zero attached hydrogens (tertiary/aromatic N) is 1. The molecule has 0 saturated heterocycles. The summed E-state index contributed by atoms with van der Waals surface area (Å²) in [6, 6.07) is 9.79. The summed E-state index contributed by atoms with van der Waals surface area (Å²) >= 11 is 6.18. The molecule has 1 aromatic carbocycles. The van der Waals surface area contributed by atoms with Gasteiger partial charge in [-0.25, -0.2) is 0 Å². The Labute approximate surface area is 116 Å². The predicted molar refractivity (Wildman–Crippen MR) is 77.5 cm³/mol. The van der Waals surface area contributed by atoms with Crippen molar-refractivity contribution in [3.8, 4) is 0 Å². The van der Waals surface area contributed by atoms with E-state index >= 15 is 0 Å². The zero-order chi connectivity index (χ0) is 13.2. The average Bonchev–Trinajstić information content (AvgIpc) is 2.96. The number of rotatable bonds is 3. The number of anilines is 1. The molecule has 0 amide bonds. The van der Waals surface area contributed by atoms with Gasteiger partial charge in [-0.2, -0.15) is 0 Å². The fourth-order valence-electron chi connectivity index (χ4n) is 2.09. The highest BCUT2D eigenvalue weighted by molar-refractivity contribution is 6.35. The highest BCUT2D eigenvalue weighted by Gasteiger charge is 2.10. The first-order chi connectivity index (χ1) is 9.25. The van der Waals surface area contributed by atoms with Crippen LogP contribution in [0, 0.1) is 0 Å². The molecule has 19 heavy (non-hydrogen) atoms. The molecular weight excluding hydrogens is 260 g/mol. The number of pyridine rings is 1. The Balaban J connectivity index is 2.00. The molecule has 0 radical (unpaired) electrons. The van der Waals surface area contributed by atoms with Crippen LogP contribution in [-0.2, 0) is 0 Å². The zero-order valence-corrected chi connectivity index (χ0v) is 11.2. The first kappa shape index (κ1) is 12.1. The van der Waals surface area contributed by atoms with Crippen LogP contribution in [0.5, 0.6) is 0 Å². The van der Waals surface area contributed by atoms with Crippen molar-refractivity contribution in [2.75, 3.05) is 5.32 Å². The van der Waals surface area contributed by atoms with E-state index in [1.165, 1.54) is 0 Å². The molecule has 2 aromatic heterocycles. The average molecular weight is 273 g/mol. The second-order valence-corrected chi connectivity index (χ2v) is 4.82. The van der Waals surface area contributed by atoms with Crippen LogP contribution >= 0.6 is 11.6 Å². The van der Waals surface area contributed by atoms with E-state index in [0.29, 0.717) is 5.02 Å². The van der Waals surface area contributed by atoms with E-state index in [0.717, 1.165) is 22.2 Å². The summed E-state index contributed by atoms with van der Waals surface area (Å²) in [5.41, 5.74) is 2.94. The van der Waals surface area contributed by atoms with Crippen LogP contribution in [0.25, 0.3) is 10.9 Å². The Morgan fingerprint density at radius 1 is 1.26 bits per heavy atom. The number of fused-ring (bicyclic) bond motifs is 1. The third kappa shape index (κ3) is 2.29.